The lowest BCUT2D eigenvalue weighted by Crippen LogP contribution is -2.57. The standard InChI is InChI=1S/C20H16ClN3OS2/c1-12-7-9-14(10-8-12)19-24-15(11-26-19)27-20(22-24)23-17(16(21)18(23)25)13-5-3-2-4-6-13/h2-11,16-17,19H,1H3. The molecule has 3 atom stereocenters. The first-order valence-corrected chi connectivity index (χ1v) is 10.8. The highest BCUT2D eigenvalue weighted by Gasteiger charge is 2.52. The van der Waals surface area contributed by atoms with Gasteiger partial charge in [-0.15, -0.1) is 16.7 Å². The van der Waals surface area contributed by atoms with Crippen molar-refractivity contribution in [3.8, 4) is 0 Å². The maximum Gasteiger partial charge on any atom is 0.249 e. The van der Waals surface area contributed by atoms with E-state index in [4.69, 9.17) is 16.7 Å². The van der Waals surface area contributed by atoms with Gasteiger partial charge in [0.2, 0.25) is 5.91 Å². The van der Waals surface area contributed by atoms with Crippen LogP contribution < -0.4 is 0 Å². The Morgan fingerprint density at radius 2 is 1.78 bits per heavy atom. The molecule has 7 heteroatoms. The molecule has 3 aliphatic rings. The Morgan fingerprint density at radius 3 is 2.52 bits per heavy atom. The van der Waals surface area contributed by atoms with Crippen LogP contribution in [0.5, 0.6) is 0 Å². The minimum atomic E-state index is -0.539. The Hall–Kier alpha value is -1.89. The van der Waals surface area contributed by atoms with Crippen LogP contribution in [-0.2, 0) is 4.79 Å². The molecular formula is C20H16ClN3OS2. The summed E-state index contributed by atoms with van der Waals surface area (Å²) in [4.78, 5) is 14.2. The molecule has 3 unspecified atom stereocenters. The molecule has 1 fully saturated rings. The predicted octanol–water partition coefficient (Wildman–Crippen LogP) is 5.05. The molecular weight excluding hydrogens is 398 g/mol. The Bertz CT molecular complexity index is 961. The number of hydrogen-bond donors (Lipinski definition) is 0. The number of benzene rings is 2. The van der Waals surface area contributed by atoms with Gasteiger partial charge < -0.3 is 0 Å². The fourth-order valence-corrected chi connectivity index (χ4v) is 6.00. The van der Waals surface area contributed by atoms with Gasteiger partial charge >= 0.3 is 0 Å². The van der Waals surface area contributed by atoms with E-state index < -0.39 is 5.38 Å². The summed E-state index contributed by atoms with van der Waals surface area (Å²) in [5, 5.41) is 10.2. The number of β-lactam (4-membered cyclic amide) rings is 1. The number of halogens is 1. The van der Waals surface area contributed by atoms with Gasteiger partial charge in [-0.2, -0.15) is 0 Å². The lowest BCUT2D eigenvalue weighted by Gasteiger charge is -2.43. The molecule has 0 N–H and O–H groups in total. The van der Waals surface area contributed by atoms with Crippen molar-refractivity contribution in [2.45, 2.75) is 23.7 Å². The summed E-state index contributed by atoms with van der Waals surface area (Å²) < 4.78 is 0. The van der Waals surface area contributed by atoms with Crippen LogP contribution in [0, 0.1) is 6.92 Å². The Labute approximate surface area is 171 Å². The number of carbonyl (C=O) groups is 1. The first-order chi connectivity index (χ1) is 13.1. The Morgan fingerprint density at radius 1 is 1.04 bits per heavy atom. The van der Waals surface area contributed by atoms with Gasteiger partial charge in [0, 0.05) is 5.41 Å². The average Bonchev–Trinajstić information content (AvgIpc) is 3.27. The molecule has 0 saturated carbocycles. The number of thioether (sulfide) groups is 2. The van der Waals surface area contributed by atoms with Crippen LogP contribution in [-0.4, -0.2) is 26.4 Å². The van der Waals surface area contributed by atoms with Crippen molar-refractivity contribution >= 4 is 46.2 Å². The molecule has 3 heterocycles. The highest BCUT2D eigenvalue weighted by molar-refractivity contribution is 8.18. The molecule has 136 valence electrons. The fraction of sp³-hybridized carbons (Fsp3) is 0.200. The van der Waals surface area contributed by atoms with Crippen molar-refractivity contribution < 1.29 is 4.79 Å². The lowest BCUT2D eigenvalue weighted by atomic mass is 9.94. The average molecular weight is 414 g/mol. The number of fused-ring (bicyclic) bond motifs is 1. The maximum atomic E-state index is 12.5. The minimum Gasteiger partial charge on any atom is -0.279 e. The number of hydrazone groups is 1. The highest BCUT2D eigenvalue weighted by Crippen LogP contribution is 2.52. The van der Waals surface area contributed by atoms with E-state index in [0.717, 1.165) is 10.6 Å². The number of likely N-dealkylation sites (tertiary alicyclic amines) is 1. The van der Waals surface area contributed by atoms with Crippen LogP contribution in [0.2, 0.25) is 0 Å². The molecule has 1 saturated heterocycles. The molecule has 2 aromatic rings. The van der Waals surface area contributed by atoms with Crippen LogP contribution in [0.1, 0.15) is 28.1 Å². The summed E-state index contributed by atoms with van der Waals surface area (Å²) in [6, 6.07) is 18.2. The molecule has 0 bridgehead atoms. The van der Waals surface area contributed by atoms with Crippen LogP contribution in [0.3, 0.4) is 0 Å². The molecule has 3 aliphatic heterocycles. The zero-order chi connectivity index (χ0) is 18.5. The zero-order valence-electron chi connectivity index (χ0n) is 14.4. The molecule has 2 aromatic carbocycles. The second kappa shape index (κ2) is 6.62. The van der Waals surface area contributed by atoms with Crippen LogP contribution in [0.25, 0.3) is 0 Å². The van der Waals surface area contributed by atoms with E-state index in [9.17, 15) is 4.79 Å². The SMILES string of the molecule is Cc1ccc(C2SC=C3SC(N4C(=O)C(Cl)C4c4ccccc4)=NN32)cc1. The van der Waals surface area contributed by atoms with Crippen molar-refractivity contribution in [2.24, 2.45) is 5.10 Å². The molecule has 4 nitrogen and oxygen atoms in total. The second-order valence-electron chi connectivity index (χ2n) is 6.65. The number of rotatable bonds is 2. The van der Waals surface area contributed by atoms with Crippen molar-refractivity contribution in [2.75, 3.05) is 0 Å². The van der Waals surface area contributed by atoms with Crippen LogP contribution >= 0.6 is 35.1 Å². The van der Waals surface area contributed by atoms with E-state index in [1.807, 2.05) is 35.3 Å². The van der Waals surface area contributed by atoms with Crippen LogP contribution in [0.15, 0.2) is 70.1 Å². The number of aryl methyl sites for hydroxylation is 1. The van der Waals surface area contributed by atoms with Crippen molar-refractivity contribution in [1.29, 1.82) is 0 Å². The summed E-state index contributed by atoms with van der Waals surface area (Å²) in [6.07, 6.45) is 0. The van der Waals surface area contributed by atoms with Gasteiger partial charge in [-0.05, 0) is 29.8 Å². The summed E-state index contributed by atoms with van der Waals surface area (Å²) in [6.45, 7) is 2.08. The molecule has 0 spiro atoms. The summed E-state index contributed by atoms with van der Waals surface area (Å²) in [7, 11) is 0. The quantitative estimate of drug-likeness (QED) is 0.509. The summed E-state index contributed by atoms with van der Waals surface area (Å²) in [5.41, 5.74) is 3.47. The van der Waals surface area contributed by atoms with E-state index in [1.54, 1.807) is 16.7 Å². The first-order valence-electron chi connectivity index (χ1n) is 8.63. The van der Waals surface area contributed by atoms with E-state index in [-0.39, 0.29) is 17.3 Å². The number of hydrogen-bond acceptors (Lipinski definition) is 5. The zero-order valence-corrected chi connectivity index (χ0v) is 16.8. The topological polar surface area (TPSA) is 35.9 Å². The number of nitrogens with zero attached hydrogens (tertiary/aromatic N) is 3. The molecule has 5 rings (SSSR count). The highest BCUT2D eigenvalue weighted by atomic mass is 35.5. The summed E-state index contributed by atoms with van der Waals surface area (Å²) >= 11 is 9.62. The molecule has 27 heavy (non-hydrogen) atoms. The van der Waals surface area contributed by atoms with Gasteiger partial charge in [-0.25, -0.2) is 5.01 Å². The summed E-state index contributed by atoms with van der Waals surface area (Å²) in [5.74, 6) is -0.0851. The van der Waals surface area contributed by atoms with Crippen molar-refractivity contribution in [1.82, 2.24) is 9.91 Å². The third kappa shape index (κ3) is 2.78. The van der Waals surface area contributed by atoms with Gasteiger partial charge in [0.1, 0.15) is 15.8 Å². The fourth-order valence-electron chi connectivity index (χ4n) is 3.41. The molecule has 0 radical (unpaired) electrons. The van der Waals surface area contributed by atoms with Crippen molar-refractivity contribution in [3.05, 3.63) is 81.7 Å². The Balaban J connectivity index is 1.43. The van der Waals surface area contributed by atoms with Gasteiger partial charge in [-0.3, -0.25) is 9.69 Å². The maximum absolute atomic E-state index is 12.5. The van der Waals surface area contributed by atoms with Gasteiger partial charge in [-0.1, -0.05) is 71.9 Å². The first kappa shape index (κ1) is 17.2. The number of amides is 1. The van der Waals surface area contributed by atoms with E-state index in [1.165, 1.54) is 22.9 Å². The van der Waals surface area contributed by atoms with Gasteiger partial charge in [0.05, 0.1) is 6.04 Å². The normalized spacial score (nSPS) is 26.6. The molecule has 1 amide bonds. The minimum absolute atomic E-state index is 0.0851. The number of alkyl halides is 1. The van der Waals surface area contributed by atoms with Gasteiger partial charge in [0.25, 0.3) is 0 Å². The molecule has 0 aliphatic carbocycles. The van der Waals surface area contributed by atoms with Crippen LogP contribution in [0.4, 0.5) is 0 Å². The lowest BCUT2D eigenvalue weighted by molar-refractivity contribution is -0.138. The monoisotopic (exact) mass is 413 g/mol. The molecule has 0 aromatic heterocycles. The Kier molecular flexibility index (Phi) is 4.22. The largest absolute Gasteiger partial charge is 0.279 e. The number of carbonyl (C=O) groups excluding carboxylic acids is 1. The third-order valence-electron chi connectivity index (χ3n) is 4.87. The third-order valence-corrected chi connectivity index (χ3v) is 7.51. The van der Waals surface area contributed by atoms with E-state index in [0.29, 0.717) is 5.17 Å². The number of amidine groups is 1. The predicted molar refractivity (Wildman–Crippen MR) is 112 cm³/mol. The van der Waals surface area contributed by atoms with E-state index in [2.05, 4.69) is 36.6 Å². The second-order valence-corrected chi connectivity index (χ2v) is 9.06. The smallest absolute Gasteiger partial charge is 0.249 e. The van der Waals surface area contributed by atoms with Gasteiger partial charge in [0.15, 0.2) is 5.17 Å². The van der Waals surface area contributed by atoms with E-state index >= 15 is 0 Å². The van der Waals surface area contributed by atoms with Crippen molar-refractivity contribution in [3.63, 3.8) is 0 Å².